The van der Waals surface area contributed by atoms with Gasteiger partial charge in [-0.15, -0.1) is 0 Å². The Morgan fingerprint density at radius 2 is 1.84 bits per heavy atom. The predicted octanol–water partition coefficient (Wildman–Crippen LogP) is 3.42. The van der Waals surface area contributed by atoms with Crippen molar-refractivity contribution in [3.63, 3.8) is 0 Å². The van der Waals surface area contributed by atoms with Crippen LogP contribution >= 0.6 is 11.6 Å². The van der Waals surface area contributed by atoms with Crippen LogP contribution in [0.5, 0.6) is 11.5 Å². The lowest BCUT2D eigenvalue weighted by Gasteiger charge is -2.10. The fourth-order valence-corrected chi connectivity index (χ4v) is 2.78. The smallest absolute Gasteiger partial charge is 0.323 e. The molecule has 0 aliphatic heterocycles. The Kier molecular flexibility index (Phi) is 4.63. The van der Waals surface area contributed by atoms with Crippen LogP contribution in [-0.2, 0) is 0 Å². The van der Waals surface area contributed by atoms with Crippen molar-refractivity contribution in [2.45, 2.75) is 0 Å². The molecule has 0 radical (unpaired) electrons. The molecule has 1 aromatic heterocycles. The standard InChI is InChI=1S/C18H15ClN2O4/c1-24-16-8-10(7-12(19)17(16)25-2)3-6-15(22)11-4-5-13-14(9-11)21-18(23)20-13/h3-9H,1-2H3,(H2,20,21,23). The summed E-state index contributed by atoms with van der Waals surface area (Å²) in [6, 6.07) is 8.37. The molecule has 0 fully saturated rings. The molecule has 0 bridgehead atoms. The molecule has 0 aliphatic rings. The summed E-state index contributed by atoms with van der Waals surface area (Å²) in [5.74, 6) is 0.720. The molecule has 0 unspecified atom stereocenters. The number of fused-ring (bicyclic) bond motifs is 1. The van der Waals surface area contributed by atoms with E-state index in [9.17, 15) is 9.59 Å². The van der Waals surface area contributed by atoms with Gasteiger partial charge in [0.15, 0.2) is 17.3 Å². The number of hydrogen-bond donors (Lipinski definition) is 2. The molecule has 2 N–H and O–H groups in total. The molecule has 0 saturated carbocycles. The van der Waals surface area contributed by atoms with Crippen LogP contribution in [-0.4, -0.2) is 30.0 Å². The third-order valence-corrected chi connectivity index (χ3v) is 3.96. The van der Waals surface area contributed by atoms with Gasteiger partial charge in [0.05, 0.1) is 30.3 Å². The Morgan fingerprint density at radius 3 is 2.56 bits per heavy atom. The van der Waals surface area contributed by atoms with Gasteiger partial charge in [0.1, 0.15) is 0 Å². The van der Waals surface area contributed by atoms with E-state index in [0.717, 1.165) is 0 Å². The first-order chi connectivity index (χ1) is 12.0. The summed E-state index contributed by atoms with van der Waals surface area (Å²) in [6.07, 6.45) is 3.07. The number of nitrogens with one attached hydrogen (secondary N) is 2. The largest absolute Gasteiger partial charge is 0.493 e. The minimum atomic E-state index is -0.310. The van der Waals surface area contributed by atoms with E-state index in [2.05, 4.69) is 9.97 Å². The van der Waals surface area contributed by atoms with Crippen molar-refractivity contribution >= 4 is 34.5 Å². The van der Waals surface area contributed by atoms with Crippen LogP contribution in [0.4, 0.5) is 0 Å². The molecule has 3 rings (SSSR count). The number of ketones is 1. The minimum Gasteiger partial charge on any atom is -0.493 e. The molecular weight excluding hydrogens is 344 g/mol. The Morgan fingerprint density at radius 1 is 1.08 bits per heavy atom. The van der Waals surface area contributed by atoms with E-state index in [-0.39, 0.29) is 11.5 Å². The van der Waals surface area contributed by atoms with Gasteiger partial charge in [0.25, 0.3) is 0 Å². The lowest BCUT2D eigenvalue weighted by atomic mass is 10.1. The van der Waals surface area contributed by atoms with E-state index >= 15 is 0 Å². The van der Waals surface area contributed by atoms with E-state index in [0.29, 0.717) is 38.7 Å². The molecule has 6 nitrogen and oxygen atoms in total. The average Bonchev–Trinajstić information content (AvgIpc) is 2.98. The number of aromatic nitrogens is 2. The Hall–Kier alpha value is -2.99. The monoisotopic (exact) mass is 358 g/mol. The number of H-pyrrole nitrogens is 2. The first-order valence-electron chi connectivity index (χ1n) is 7.38. The maximum Gasteiger partial charge on any atom is 0.323 e. The molecule has 0 spiro atoms. The summed E-state index contributed by atoms with van der Waals surface area (Å²) in [6.45, 7) is 0. The van der Waals surface area contributed by atoms with Gasteiger partial charge in [-0.25, -0.2) is 4.79 Å². The number of ether oxygens (including phenoxy) is 2. The van der Waals surface area contributed by atoms with Crippen LogP contribution in [0.1, 0.15) is 15.9 Å². The summed E-state index contributed by atoms with van der Waals surface area (Å²) >= 11 is 6.15. The van der Waals surface area contributed by atoms with Gasteiger partial charge in [0, 0.05) is 5.56 Å². The second-order valence-electron chi connectivity index (χ2n) is 5.28. The van der Waals surface area contributed by atoms with Crippen molar-refractivity contribution in [1.29, 1.82) is 0 Å². The first-order valence-corrected chi connectivity index (χ1v) is 7.75. The van der Waals surface area contributed by atoms with Crippen molar-refractivity contribution in [3.05, 3.63) is 63.0 Å². The molecule has 3 aromatic rings. The SMILES string of the molecule is COc1cc(C=CC(=O)c2ccc3[nH]c(=O)[nH]c3c2)cc(Cl)c1OC. The fourth-order valence-electron chi connectivity index (χ4n) is 2.49. The lowest BCUT2D eigenvalue weighted by Crippen LogP contribution is -1.99. The summed E-state index contributed by atoms with van der Waals surface area (Å²) in [5, 5.41) is 0.389. The van der Waals surface area contributed by atoms with Gasteiger partial charge in [-0.1, -0.05) is 17.7 Å². The summed E-state index contributed by atoms with van der Waals surface area (Å²) in [7, 11) is 3.02. The van der Waals surface area contributed by atoms with Crippen LogP contribution in [0.25, 0.3) is 17.1 Å². The summed E-state index contributed by atoms with van der Waals surface area (Å²) in [5.41, 5.74) is 2.09. The zero-order valence-corrected chi connectivity index (χ0v) is 14.3. The minimum absolute atomic E-state index is 0.199. The van der Waals surface area contributed by atoms with E-state index in [4.69, 9.17) is 21.1 Å². The topological polar surface area (TPSA) is 84.2 Å². The summed E-state index contributed by atoms with van der Waals surface area (Å²) in [4.78, 5) is 28.9. The van der Waals surface area contributed by atoms with Gasteiger partial charge in [-0.2, -0.15) is 0 Å². The first kappa shape index (κ1) is 16.9. The average molecular weight is 359 g/mol. The predicted molar refractivity (Wildman–Crippen MR) is 96.8 cm³/mol. The fraction of sp³-hybridized carbons (Fsp3) is 0.111. The van der Waals surface area contributed by atoms with Gasteiger partial charge >= 0.3 is 5.69 Å². The molecular formula is C18H15ClN2O4. The van der Waals surface area contributed by atoms with Gasteiger partial charge in [-0.3, -0.25) is 4.79 Å². The zero-order valence-electron chi connectivity index (χ0n) is 13.6. The number of carbonyl (C=O) groups excluding carboxylic acids is 1. The molecule has 128 valence electrons. The van der Waals surface area contributed by atoms with Crippen LogP contribution in [0.2, 0.25) is 5.02 Å². The van der Waals surface area contributed by atoms with E-state index in [1.807, 2.05) is 0 Å². The summed E-state index contributed by atoms with van der Waals surface area (Å²) < 4.78 is 10.4. The molecule has 0 aliphatic carbocycles. The van der Waals surface area contributed by atoms with Crippen molar-refractivity contribution in [2.75, 3.05) is 14.2 Å². The van der Waals surface area contributed by atoms with Crippen molar-refractivity contribution in [1.82, 2.24) is 9.97 Å². The highest BCUT2D eigenvalue weighted by atomic mass is 35.5. The third-order valence-electron chi connectivity index (χ3n) is 3.68. The third kappa shape index (κ3) is 3.44. The van der Waals surface area contributed by atoms with Crippen LogP contribution < -0.4 is 15.2 Å². The second kappa shape index (κ2) is 6.86. The molecule has 2 aromatic carbocycles. The molecule has 0 atom stereocenters. The van der Waals surface area contributed by atoms with Crippen molar-refractivity contribution in [2.24, 2.45) is 0 Å². The van der Waals surface area contributed by atoms with Crippen molar-refractivity contribution < 1.29 is 14.3 Å². The lowest BCUT2D eigenvalue weighted by molar-refractivity contribution is 0.104. The van der Waals surface area contributed by atoms with E-state index in [1.54, 1.807) is 36.4 Å². The number of halogens is 1. The zero-order chi connectivity index (χ0) is 18.0. The quantitative estimate of drug-likeness (QED) is 0.540. The van der Waals surface area contributed by atoms with E-state index in [1.165, 1.54) is 20.3 Å². The number of allylic oxidation sites excluding steroid dienone is 1. The Balaban J connectivity index is 1.88. The second-order valence-corrected chi connectivity index (χ2v) is 5.68. The number of carbonyl (C=O) groups is 1. The van der Waals surface area contributed by atoms with Gasteiger partial charge < -0.3 is 19.4 Å². The highest BCUT2D eigenvalue weighted by Crippen LogP contribution is 2.36. The number of rotatable bonds is 5. The van der Waals surface area contributed by atoms with Crippen LogP contribution in [0.3, 0.4) is 0 Å². The molecule has 7 heteroatoms. The van der Waals surface area contributed by atoms with Crippen molar-refractivity contribution in [3.8, 4) is 11.5 Å². The number of imidazole rings is 1. The molecule has 0 amide bonds. The number of hydrogen-bond acceptors (Lipinski definition) is 4. The molecule has 25 heavy (non-hydrogen) atoms. The Bertz CT molecular complexity index is 1030. The highest BCUT2D eigenvalue weighted by Gasteiger charge is 2.10. The molecule has 1 heterocycles. The van der Waals surface area contributed by atoms with E-state index < -0.39 is 0 Å². The van der Waals surface area contributed by atoms with Crippen LogP contribution in [0, 0.1) is 0 Å². The normalized spacial score (nSPS) is 11.2. The number of methoxy groups -OCH3 is 2. The highest BCUT2D eigenvalue weighted by molar-refractivity contribution is 6.32. The van der Waals surface area contributed by atoms with Crippen LogP contribution in [0.15, 0.2) is 41.2 Å². The Labute approximate surface area is 148 Å². The van der Waals surface area contributed by atoms with Gasteiger partial charge in [0.2, 0.25) is 0 Å². The number of aromatic amines is 2. The van der Waals surface area contributed by atoms with Gasteiger partial charge in [-0.05, 0) is 42.0 Å². The maximum atomic E-state index is 12.4. The molecule has 0 saturated heterocycles. The maximum absolute atomic E-state index is 12.4. The number of benzene rings is 2.